The Morgan fingerprint density at radius 3 is 2.77 bits per heavy atom. The molecule has 1 amide bonds. The molecule has 0 radical (unpaired) electrons. The van der Waals surface area contributed by atoms with Crippen molar-refractivity contribution in [2.24, 2.45) is 10.5 Å². The normalized spacial score (nSPS) is 18.0. The van der Waals surface area contributed by atoms with Crippen LogP contribution >= 0.6 is 11.6 Å². The van der Waals surface area contributed by atoms with Gasteiger partial charge in [0.25, 0.3) is 0 Å². The molecule has 0 saturated carbocycles. The maximum Gasteiger partial charge on any atom is 0.248 e. The summed E-state index contributed by atoms with van der Waals surface area (Å²) < 4.78 is 26.5. The molecule has 0 bridgehead atoms. The molecule has 0 fully saturated rings. The van der Waals surface area contributed by atoms with Crippen LogP contribution in [0.2, 0.25) is 0 Å². The van der Waals surface area contributed by atoms with Crippen LogP contribution in [0.1, 0.15) is 44.7 Å². The topological polar surface area (TPSA) is 32.7 Å². The number of nitrogens with zero attached hydrogens (tertiary/aromatic N) is 2. The van der Waals surface area contributed by atoms with E-state index in [0.29, 0.717) is 24.3 Å². The van der Waals surface area contributed by atoms with Crippen LogP contribution in [0.5, 0.6) is 0 Å². The van der Waals surface area contributed by atoms with Crippen molar-refractivity contribution in [2.45, 2.75) is 39.2 Å². The quantitative estimate of drug-likeness (QED) is 0.743. The molecule has 1 unspecified atom stereocenters. The second-order valence-corrected chi connectivity index (χ2v) is 6.43. The number of halogens is 3. The standard InChI is InChI=1S/C16H19ClF2N2O/c1-16(2,7-3-8-17)15(22)21-14(6-9-20-21)11-4-5-12(18)13(19)10-11/h4-5,9-10,14H,3,6-8H2,1-2H3. The molecule has 3 nitrogen and oxygen atoms in total. The van der Waals surface area contributed by atoms with E-state index >= 15 is 0 Å². The Morgan fingerprint density at radius 1 is 1.41 bits per heavy atom. The molecule has 2 rings (SSSR count). The predicted molar refractivity (Wildman–Crippen MR) is 82.8 cm³/mol. The molecule has 120 valence electrons. The molecule has 0 N–H and O–H groups in total. The van der Waals surface area contributed by atoms with Gasteiger partial charge in [-0.2, -0.15) is 5.10 Å². The molecular weight excluding hydrogens is 310 g/mol. The molecule has 6 heteroatoms. The Bertz CT molecular complexity index is 590. The number of hydrazone groups is 1. The summed E-state index contributed by atoms with van der Waals surface area (Å²) in [5.41, 5.74) is -0.0641. The molecule has 0 spiro atoms. The second kappa shape index (κ2) is 6.73. The molecule has 1 aromatic rings. The Labute approximate surface area is 133 Å². The van der Waals surface area contributed by atoms with Crippen molar-refractivity contribution in [1.29, 1.82) is 0 Å². The lowest BCUT2D eigenvalue weighted by Crippen LogP contribution is -2.38. The highest BCUT2D eigenvalue weighted by Gasteiger charge is 2.37. The van der Waals surface area contributed by atoms with E-state index in [1.807, 2.05) is 13.8 Å². The predicted octanol–water partition coefficient (Wildman–Crippen LogP) is 4.27. The SMILES string of the molecule is CC(C)(CCCCl)C(=O)N1N=CCC1c1ccc(F)c(F)c1. The van der Waals surface area contributed by atoms with Crippen molar-refractivity contribution in [2.75, 3.05) is 5.88 Å². The molecule has 0 saturated heterocycles. The molecule has 0 aliphatic carbocycles. The first kappa shape index (κ1) is 16.9. The summed E-state index contributed by atoms with van der Waals surface area (Å²) in [7, 11) is 0. The molecule has 1 aliphatic rings. The molecular formula is C16H19ClF2N2O. The van der Waals surface area contributed by atoms with Crippen LogP contribution in [-0.4, -0.2) is 23.0 Å². The molecule has 1 atom stereocenters. The zero-order chi connectivity index (χ0) is 16.3. The van der Waals surface area contributed by atoms with Crippen molar-refractivity contribution in [3.8, 4) is 0 Å². The molecule has 1 aromatic carbocycles. The number of amides is 1. The third-order valence-electron chi connectivity index (χ3n) is 3.88. The number of alkyl halides is 1. The highest BCUT2D eigenvalue weighted by Crippen LogP contribution is 2.35. The number of carbonyl (C=O) groups excluding carboxylic acids is 1. The maximum absolute atomic E-state index is 13.4. The van der Waals surface area contributed by atoms with E-state index in [-0.39, 0.29) is 5.91 Å². The van der Waals surface area contributed by atoms with E-state index in [9.17, 15) is 13.6 Å². The third kappa shape index (κ3) is 3.46. The van der Waals surface area contributed by atoms with Crippen LogP contribution in [-0.2, 0) is 4.79 Å². The highest BCUT2D eigenvalue weighted by molar-refractivity contribution is 6.17. The van der Waals surface area contributed by atoms with Gasteiger partial charge in [0.05, 0.1) is 6.04 Å². The zero-order valence-electron chi connectivity index (χ0n) is 12.7. The average molecular weight is 329 g/mol. The largest absolute Gasteiger partial charge is 0.272 e. The van der Waals surface area contributed by atoms with Crippen molar-refractivity contribution in [1.82, 2.24) is 5.01 Å². The Morgan fingerprint density at radius 2 is 2.14 bits per heavy atom. The van der Waals surface area contributed by atoms with E-state index < -0.39 is 23.1 Å². The van der Waals surface area contributed by atoms with Gasteiger partial charge in [0.1, 0.15) is 0 Å². The summed E-state index contributed by atoms with van der Waals surface area (Å²) in [4.78, 5) is 12.7. The number of carbonyl (C=O) groups is 1. The lowest BCUT2D eigenvalue weighted by Gasteiger charge is -2.31. The van der Waals surface area contributed by atoms with Crippen molar-refractivity contribution < 1.29 is 13.6 Å². The molecule has 0 aromatic heterocycles. The van der Waals surface area contributed by atoms with E-state index in [4.69, 9.17) is 11.6 Å². The summed E-state index contributed by atoms with van der Waals surface area (Å²) in [5.74, 6) is -1.46. The van der Waals surface area contributed by atoms with Crippen molar-refractivity contribution in [3.05, 3.63) is 35.4 Å². The molecule has 1 heterocycles. The number of hydrogen-bond donors (Lipinski definition) is 0. The van der Waals surface area contributed by atoms with Crippen LogP contribution < -0.4 is 0 Å². The Kier molecular flexibility index (Phi) is 5.16. The Hall–Kier alpha value is -1.49. The second-order valence-electron chi connectivity index (χ2n) is 6.05. The average Bonchev–Trinajstić information content (AvgIpc) is 2.96. The van der Waals surface area contributed by atoms with Gasteiger partial charge >= 0.3 is 0 Å². The van der Waals surface area contributed by atoms with Crippen LogP contribution in [0.3, 0.4) is 0 Å². The fraction of sp³-hybridized carbons (Fsp3) is 0.500. The van der Waals surface area contributed by atoms with E-state index in [0.717, 1.165) is 18.6 Å². The Balaban J connectivity index is 2.20. The minimum absolute atomic E-state index is 0.138. The van der Waals surface area contributed by atoms with Gasteiger partial charge in [0.2, 0.25) is 5.91 Å². The smallest absolute Gasteiger partial charge is 0.248 e. The first-order valence-electron chi connectivity index (χ1n) is 7.24. The maximum atomic E-state index is 13.4. The lowest BCUT2D eigenvalue weighted by molar-refractivity contribution is -0.142. The van der Waals surface area contributed by atoms with Crippen LogP contribution in [0, 0.1) is 17.0 Å². The molecule has 22 heavy (non-hydrogen) atoms. The summed E-state index contributed by atoms with van der Waals surface area (Å²) in [5, 5.41) is 5.51. The van der Waals surface area contributed by atoms with Crippen molar-refractivity contribution in [3.63, 3.8) is 0 Å². The fourth-order valence-electron chi connectivity index (χ4n) is 2.53. The van der Waals surface area contributed by atoms with Gasteiger partial charge in [0.15, 0.2) is 11.6 Å². The molecule has 1 aliphatic heterocycles. The van der Waals surface area contributed by atoms with Gasteiger partial charge in [-0.15, -0.1) is 11.6 Å². The summed E-state index contributed by atoms with van der Waals surface area (Å²) in [6, 6.07) is 3.30. The van der Waals surface area contributed by atoms with Crippen LogP contribution in [0.25, 0.3) is 0 Å². The van der Waals surface area contributed by atoms with Crippen LogP contribution in [0.4, 0.5) is 8.78 Å². The van der Waals surface area contributed by atoms with Gasteiger partial charge < -0.3 is 0 Å². The number of benzene rings is 1. The van der Waals surface area contributed by atoms with E-state index in [1.54, 1.807) is 6.21 Å². The van der Waals surface area contributed by atoms with Gasteiger partial charge in [-0.05, 0) is 30.5 Å². The fourth-order valence-corrected chi connectivity index (χ4v) is 2.67. The van der Waals surface area contributed by atoms with Gasteiger partial charge in [-0.1, -0.05) is 19.9 Å². The highest BCUT2D eigenvalue weighted by atomic mass is 35.5. The van der Waals surface area contributed by atoms with Gasteiger partial charge in [0, 0.05) is 23.9 Å². The van der Waals surface area contributed by atoms with Crippen molar-refractivity contribution >= 4 is 23.7 Å². The number of hydrogen-bond acceptors (Lipinski definition) is 2. The number of rotatable bonds is 5. The van der Waals surface area contributed by atoms with E-state index in [2.05, 4.69) is 5.10 Å². The van der Waals surface area contributed by atoms with E-state index in [1.165, 1.54) is 11.1 Å². The van der Waals surface area contributed by atoms with Gasteiger partial charge in [-0.25, -0.2) is 13.8 Å². The lowest BCUT2D eigenvalue weighted by atomic mass is 9.86. The van der Waals surface area contributed by atoms with Crippen LogP contribution in [0.15, 0.2) is 23.3 Å². The summed E-state index contributed by atoms with van der Waals surface area (Å²) in [6.07, 6.45) is 3.49. The minimum atomic E-state index is -0.918. The summed E-state index contributed by atoms with van der Waals surface area (Å²) >= 11 is 5.70. The first-order valence-corrected chi connectivity index (χ1v) is 7.77. The summed E-state index contributed by atoms with van der Waals surface area (Å²) in [6.45, 7) is 3.69. The minimum Gasteiger partial charge on any atom is -0.272 e. The first-order chi connectivity index (χ1) is 10.4. The zero-order valence-corrected chi connectivity index (χ0v) is 13.4. The third-order valence-corrected chi connectivity index (χ3v) is 4.15. The van der Waals surface area contributed by atoms with Gasteiger partial charge in [-0.3, -0.25) is 4.79 Å². The monoisotopic (exact) mass is 328 g/mol.